The number of nitrogens with zero attached hydrogens (tertiary/aromatic N) is 2. The van der Waals surface area contributed by atoms with Gasteiger partial charge in [0.15, 0.2) is 0 Å². The fourth-order valence-electron chi connectivity index (χ4n) is 3.82. The first-order chi connectivity index (χ1) is 10.1. The number of aromatic nitrogens is 1. The zero-order chi connectivity index (χ0) is 14.9. The number of fused-ring (bicyclic) bond motifs is 1. The van der Waals surface area contributed by atoms with Crippen LogP contribution in [0, 0.1) is 5.92 Å². The van der Waals surface area contributed by atoms with Crippen molar-refractivity contribution in [3.05, 3.63) is 24.0 Å². The summed E-state index contributed by atoms with van der Waals surface area (Å²) in [5.74, 6) is 0.414. The standard InChI is InChI=1S/C17H27N3O/c1-2-15(18)16-7-6-14(11-19-16)20-10-9-17(21)8-4-3-5-13(17)12-20/h6-7,11,13,15,21H,2-5,8-10,12,18H2,1H3. The Bertz CT molecular complexity index is 475. The molecule has 3 atom stereocenters. The van der Waals surface area contributed by atoms with Crippen LogP contribution in [0.5, 0.6) is 0 Å². The van der Waals surface area contributed by atoms with Crippen LogP contribution < -0.4 is 10.6 Å². The second-order valence-electron chi connectivity index (χ2n) is 6.70. The number of hydrogen-bond donors (Lipinski definition) is 2. The quantitative estimate of drug-likeness (QED) is 0.898. The number of piperidine rings is 1. The highest BCUT2D eigenvalue weighted by atomic mass is 16.3. The molecular weight excluding hydrogens is 262 g/mol. The molecule has 2 aliphatic rings. The summed E-state index contributed by atoms with van der Waals surface area (Å²) in [6, 6.07) is 4.21. The van der Waals surface area contributed by atoms with Crippen LogP contribution in [0.15, 0.2) is 18.3 Å². The minimum atomic E-state index is -0.410. The van der Waals surface area contributed by atoms with Gasteiger partial charge in [0.05, 0.1) is 23.2 Å². The predicted molar refractivity (Wildman–Crippen MR) is 85.2 cm³/mol. The van der Waals surface area contributed by atoms with Crippen molar-refractivity contribution in [1.82, 2.24) is 4.98 Å². The van der Waals surface area contributed by atoms with E-state index in [1.165, 1.54) is 12.8 Å². The summed E-state index contributed by atoms with van der Waals surface area (Å²) in [6.45, 7) is 3.96. The molecule has 1 aromatic heterocycles. The minimum Gasteiger partial charge on any atom is -0.389 e. The van der Waals surface area contributed by atoms with E-state index < -0.39 is 5.60 Å². The summed E-state index contributed by atoms with van der Waals surface area (Å²) in [7, 11) is 0. The Morgan fingerprint density at radius 3 is 3.00 bits per heavy atom. The molecule has 21 heavy (non-hydrogen) atoms. The molecule has 3 rings (SSSR count). The first kappa shape index (κ1) is 14.8. The Hall–Kier alpha value is -1.13. The van der Waals surface area contributed by atoms with Gasteiger partial charge in [0.1, 0.15) is 0 Å². The van der Waals surface area contributed by atoms with Crippen LogP contribution in [0.1, 0.15) is 57.2 Å². The van der Waals surface area contributed by atoms with Gasteiger partial charge in [-0.25, -0.2) is 0 Å². The van der Waals surface area contributed by atoms with Gasteiger partial charge in [-0.3, -0.25) is 4.98 Å². The van der Waals surface area contributed by atoms with E-state index in [4.69, 9.17) is 5.73 Å². The van der Waals surface area contributed by atoms with Crippen molar-refractivity contribution in [1.29, 1.82) is 0 Å². The Kier molecular flexibility index (Phi) is 4.18. The van der Waals surface area contributed by atoms with Gasteiger partial charge in [0.25, 0.3) is 0 Å². The molecule has 1 aliphatic heterocycles. The van der Waals surface area contributed by atoms with E-state index in [2.05, 4.69) is 22.9 Å². The van der Waals surface area contributed by atoms with E-state index in [0.29, 0.717) is 5.92 Å². The fraction of sp³-hybridized carbons (Fsp3) is 0.706. The van der Waals surface area contributed by atoms with Crippen LogP contribution in [-0.2, 0) is 0 Å². The zero-order valence-electron chi connectivity index (χ0n) is 13.0. The van der Waals surface area contributed by atoms with Crippen molar-refractivity contribution in [2.24, 2.45) is 11.7 Å². The van der Waals surface area contributed by atoms with Gasteiger partial charge >= 0.3 is 0 Å². The maximum atomic E-state index is 10.7. The molecule has 1 aliphatic carbocycles. The number of aliphatic hydroxyl groups is 1. The molecule has 1 saturated carbocycles. The lowest BCUT2D eigenvalue weighted by molar-refractivity contribution is -0.0612. The Morgan fingerprint density at radius 1 is 1.43 bits per heavy atom. The van der Waals surface area contributed by atoms with Gasteiger partial charge in [-0.2, -0.15) is 0 Å². The molecule has 2 heterocycles. The van der Waals surface area contributed by atoms with E-state index in [-0.39, 0.29) is 6.04 Å². The number of hydrogen-bond acceptors (Lipinski definition) is 4. The molecule has 3 unspecified atom stereocenters. The summed E-state index contributed by atoms with van der Waals surface area (Å²) in [6.07, 6.45) is 8.30. The third-order valence-corrected chi connectivity index (χ3v) is 5.38. The molecule has 2 fully saturated rings. The highest BCUT2D eigenvalue weighted by molar-refractivity contribution is 5.45. The topological polar surface area (TPSA) is 62.4 Å². The summed E-state index contributed by atoms with van der Waals surface area (Å²) >= 11 is 0. The summed E-state index contributed by atoms with van der Waals surface area (Å²) in [5, 5.41) is 10.7. The number of pyridine rings is 1. The Balaban J connectivity index is 1.70. The van der Waals surface area contributed by atoms with Crippen LogP contribution in [-0.4, -0.2) is 28.8 Å². The molecule has 0 bridgehead atoms. The first-order valence-electron chi connectivity index (χ1n) is 8.31. The molecule has 1 aromatic rings. The summed E-state index contributed by atoms with van der Waals surface area (Å²) in [5.41, 5.74) is 7.74. The van der Waals surface area contributed by atoms with Crippen LogP contribution in [0.25, 0.3) is 0 Å². The first-order valence-corrected chi connectivity index (χ1v) is 8.31. The predicted octanol–water partition coefficient (Wildman–Crippen LogP) is 2.62. The smallest absolute Gasteiger partial charge is 0.0709 e. The van der Waals surface area contributed by atoms with Crippen molar-refractivity contribution >= 4 is 5.69 Å². The van der Waals surface area contributed by atoms with Gasteiger partial charge < -0.3 is 15.7 Å². The third-order valence-electron chi connectivity index (χ3n) is 5.38. The van der Waals surface area contributed by atoms with E-state index in [0.717, 1.165) is 50.2 Å². The van der Waals surface area contributed by atoms with Crippen molar-refractivity contribution in [3.63, 3.8) is 0 Å². The van der Waals surface area contributed by atoms with Crippen molar-refractivity contribution in [2.45, 2.75) is 57.1 Å². The molecule has 0 spiro atoms. The average molecular weight is 289 g/mol. The van der Waals surface area contributed by atoms with Crippen LogP contribution in [0.3, 0.4) is 0 Å². The molecule has 0 radical (unpaired) electrons. The Labute approximate surface area is 127 Å². The van der Waals surface area contributed by atoms with Crippen molar-refractivity contribution in [2.75, 3.05) is 18.0 Å². The molecule has 3 N–H and O–H groups in total. The highest BCUT2D eigenvalue weighted by Crippen LogP contribution is 2.40. The monoisotopic (exact) mass is 289 g/mol. The lowest BCUT2D eigenvalue weighted by Gasteiger charge is -2.48. The van der Waals surface area contributed by atoms with E-state index in [1.807, 2.05) is 12.3 Å². The lowest BCUT2D eigenvalue weighted by Crippen LogP contribution is -2.53. The zero-order valence-corrected chi connectivity index (χ0v) is 13.0. The molecule has 0 aromatic carbocycles. The highest BCUT2D eigenvalue weighted by Gasteiger charge is 2.42. The van der Waals surface area contributed by atoms with Gasteiger partial charge in [-0.1, -0.05) is 19.8 Å². The molecule has 116 valence electrons. The summed E-state index contributed by atoms with van der Waals surface area (Å²) in [4.78, 5) is 6.89. The Morgan fingerprint density at radius 2 is 2.29 bits per heavy atom. The molecule has 4 heteroatoms. The van der Waals surface area contributed by atoms with Gasteiger partial charge in [-0.15, -0.1) is 0 Å². The van der Waals surface area contributed by atoms with Gasteiger partial charge in [0, 0.05) is 25.0 Å². The van der Waals surface area contributed by atoms with Crippen LogP contribution in [0.2, 0.25) is 0 Å². The molecule has 0 amide bonds. The maximum Gasteiger partial charge on any atom is 0.0709 e. The number of rotatable bonds is 3. The SMILES string of the molecule is CCC(N)c1ccc(N2CCC3(O)CCCCC3C2)cn1. The second-order valence-corrected chi connectivity index (χ2v) is 6.70. The van der Waals surface area contributed by atoms with Gasteiger partial charge in [0.2, 0.25) is 0 Å². The largest absolute Gasteiger partial charge is 0.389 e. The van der Waals surface area contributed by atoms with E-state index in [9.17, 15) is 5.11 Å². The third kappa shape index (κ3) is 2.92. The number of anilines is 1. The van der Waals surface area contributed by atoms with E-state index in [1.54, 1.807) is 0 Å². The number of nitrogens with two attached hydrogens (primary N) is 1. The fourth-order valence-corrected chi connectivity index (χ4v) is 3.82. The van der Waals surface area contributed by atoms with E-state index >= 15 is 0 Å². The second kappa shape index (κ2) is 5.93. The molecular formula is C17H27N3O. The van der Waals surface area contributed by atoms with Crippen molar-refractivity contribution in [3.8, 4) is 0 Å². The van der Waals surface area contributed by atoms with Crippen LogP contribution in [0.4, 0.5) is 5.69 Å². The normalized spacial score (nSPS) is 30.8. The average Bonchev–Trinajstić information content (AvgIpc) is 2.53. The van der Waals surface area contributed by atoms with Gasteiger partial charge in [-0.05, 0) is 37.8 Å². The van der Waals surface area contributed by atoms with Crippen molar-refractivity contribution < 1.29 is 5.11 Å². The lowest BCUT2D eigenvalue weighted by atomic mass is 9.71. The van der Waals surface area contributed by atoms with Crippen LogP contribution >= 0.6 is 0 Å². The minimum absolute atomic E-state index is 0.0313. The molecule has 1 saturated heterocycles. The molecule has 4 nitrogen and oxygen atoms in total. The maximum absolute atomic E-state index is 10.7. The summed E-state index contributed by atoms with van der Waals surface area (Å²) < 4.78 is 0.